The Morgan fingerprint density at radius 1 is 0.836 bits per heavy atom. The van der Waals surface area contributed by atoms with Crippen LogP contribution in [0.25, 0.3) is 11.3 Å². The summed E-state index contributed by atoms with van der Waals surface area (Å²) in [7, 11) is 1.24. The molecule has 2 aromatic heterocycles. The SMILES string of the molecule is COC(=O)N[C@H](C(=O)N[C@@H](Cc1ccc(-c2ccccn2)cc1)C[C@H](O)[C@H](Cc1ccccc1)NC(=O)[C@@H](N1CCN(Cc2csc(C(C)C)n2)C1=O)C(C)(C)C)C(C)(C)C. The van der Waals surface area contributed by atoms with E-state index in [0.29, 0.717) is 32.5 Å². The molecule has 5 amide bonds. The molecule has 14 heteroatoms. The number of urea groups is 1. The Morgan fingerprint density at radius 2 is 1.51 bits per heavy atom. The molecule has 0 bridgehead atoms. The fourth-order valence-electron chi connectivity index (χ4n) is 7.67. The molecule has 2 aromatic carbocycles. The number of alkyl carbamates (subject to hydrolysis) is 1. The van der Waals surface area contributed by atoms with Gasteiger partial charge in [0.25, 0.3) is 0 Å². The lowest BCUT2D eigenvalue weighted by Gasteiger charge is -2.38. The highest BCUT2D eigenvalue weighted by molar-refractivity contribution is 7.09. The monoisotopic (exact) mass is 853 g/mol. The number of aromatic nitrogens is 2. The minimum absolute atomic E-state index is 0.0587. The van der Waals surface area contributed by atoms with Gasteiger partial charge in [-0.2, -0.15) is 0 Å². The van der Waals surface area contributed by atoms with E-state index in [4.69, 9.17) is 9.72 Å². The van der Waals surface area contributed by atoms with Crippen molar-refractivity contribution in [2.75, 3.05) is 20.2 Å². The summed E-state index contributed by atoms with van der Waals surface area (Å²) >= 11 is 1.58. The number of benzene rings is 2. The fourth-order valence-corrected chi connectivity index (χ4v) is 8.50. The van der Waals surface area contributed by atoms with E-state index in [1.807, 2.05) is 120 Å². The van der Waals surface area contributed by atoms with E-state index in [9.17, 15) is 24.3 Å². The summed E-state index contributed by atoms with van der Waals surface area (Å²) in [6, 6.07) is 19.7. The van der Waals surface area contributed by atoms with Gasteiger partial charge in [0.05, 0.1) is 42.2 Å². The van der Waals surface area contributed by atoms with Crippen LogP contribution in [-0.4, -0.2) is 99.3 Å². The maximum atomic E-state index is 14.6. The third-order valence-corrected chi connectivity index (χ3v) is 12.1. The smallest absolute Gasteiger partial charge is 0.407 e. The van der Waals surface area contributed by atoms with Gasteiger partial charge in [-0.15, -0.1) is 11.3 Å². The first-order chi connectivity index (χ1) is 28.8. The van der Waals surface area contributed by atoms with Crippen molar-refractivity contribution in [1.29, 1.82) is 0 Å². The summed E-state index contributed by atoms with van der Waals surface area (Å²) in [6.45, 7) is 16.7. The Kier molecular flexibility index (Phi) is 15.7. The largest absolute Gasteiger partial charge is 0.453 e. The summed E-state index contributed by atoms with van der Waals surface area (Å²) in [6.07, 6.45) is 0.549. The molecule has 1 fully saturated rings. The number of hydrogen-bond donors (Lipinski definition) is 4. The predicted octanol–water partition coefficient (Wildman–Crippen LogP) is 6.96. The van der Waals surface area contributed by atoms with Gasteiger partial charge in [-0.05, 0) is 53.4 Å². The van der Waals surface area contributed by atoms with Gasteiger partial charge < -0.3 is 35.6 Å². The van der Waals surface area contributed by atoms with E-state index in [2.05, 4.69) is 34.8 Å². The molecular formula is C47H63N7O6S. The number of ether oxygens (including phenoxy) is 1. The van der Waals surface area contributed by atoms with Crippen LogP contribution in [-0.2, 0) is 33.7 Å². The first-order valence-corrected chi connectivity index (χ1v) is 21.9. The molecule has 13 nitrogen and oxygen atoms in total. The van der Waals surface area contributed by atoms with Gasteiger partial charge in [0.1, 0.15) is 12.1 Å². The maximum absolute atomic E-state index is 14.6. The summed E-state index contributed by atoms with van der Waals surface area (Å²) in [5.41, 5.74) is 3.04. The number of aliphatic hydroxyl groups is 1. The Balaban J connectivity index is 1.41. The second-order valence-corrected chi connectivity index (χ2v) is 19.3. The number of nitrogens with one attached hydrogen (secondary N) is 3. The van der Waals surface area contributed by atoms with E-state index >= 15 is 0 Å². The number of rotatable bonds is 17. The highest BCUT2D eigenvalue weighted by atomic mass is 32.1. The minimum Gasteiger partial charge on any atom is -0.453 e. The van der Waals surface area contributed by atoms with Gasteiger partial charge in [0, 0.05) is 42.2 Å². The third kappa shape index (κ3) is 12.8. The van der Waals surface area contributed by atoms with E-state index in [1.165, 1.54) is 7.11 Å². The van der Waals surface area contributed by atoms with Crippen LogP contribution in [0.5, 0.6) is 0 Å². The molecule has 5 atom stereocenters. The number of hydrogen-bond acceptors (Lipinski definition) is 9. The Hall–Kier alpha value is -5.34. The lowest BCUT2D eigenvalue weighted by atomic mass is 9.84. The molecule has 4 N–H and O–H groups in total. The second-order valence-electron chi connectivity index (χ2n) is 18.4. The normalized spacial score (nSPS) is 15.8. The number of pyridine rings is 1. The number of thiazole rings is 1. The van der Waals surface area contributed by atoms with Crippen molar-refractivity contribution < 1.29 is 29.0 Å². The first-order valence-electron chi connectivity index (χ1n) is 21.0. The first kappa shape index (κ1) is 46.7. The van der Waals surface area contributed by atoms with Crippen LogP contribution in [0.1, 0.15) is 89.6 Å². The van der Waals surface area contributed by atoms with Crippen molar-refractivity contribution in [3.63, 3.8) is 0 Å². The zero-order chi connectivity index (χ0) is 44.5. The van der Waals surface area contributed by atoms with Gasteiger partial charge in [-0.1, -0.05) is 116 Å². The lowest BCUT2D eigenvalue weighted by Crippen LogP contribution is -2.59. The van der Waals surface area contributed by atoms with Crippen molar-refractivity contribution in [1.82, 2.24) is 35.7 Å². The van der Waals surface area contributed by atoms with Crippen LogP contribution in [0, 0.1) is 10.8 Å². The highest BCUT2D eigenvalue weighted by Crippen LogP contribution is 2.30. The topological polar surface area (TPSA) is 166 Å². The molecular weight excluding hydrogens is 791 g/mol. The van der Waals surface area contributed by atoms with Crippen molar-refractivity contribution >= 4 is 35.3 Å². The zero-order valence-electron chi connectivity index (χ0n) is 37.0. The molecule has 3 heterocycles. The van der Waals surface area contributed by atoms with Gasteiger partial charge in [-0.3, -0.25) is 14.6 Å². The average molecular weight is 854 g/mol. The predicted molar refractivity (Wildman–Crippen MR) is 239 cm³/mol. The van der Waals surface area contributed by atoms with E-state index in [1.54, 1.807) is 27.3 Å². The number of aliphatic hydroxyl groups excluding tert-OH is 1. The standard InChI is InChI=1S/C47H63N7O6S/c1-30(2)43-50-35(29-61-43)28-53-23-24-54(45(53)59)40(47(6,7)8)42(57)51-37(26-31-15-11-10-12-16-31)38(55)27-34(49-41(56)39(46(3,4)5)52-44(58)60-9)25-32-18-20-33(21-19-32)36-17-13-14-22-48-36/h10-22,29-30,34,37-40,55H,23-28H2,1-9H3,(H,49,56)(H,51,57)(H,52,58)/t34-,37-,38-,39+,40+/m0/s1. The quantitative estimate of drug-likeness (QED) is 0.0886. The number of carbonyl (C=O) groups excluding carboxylic acids is 4. The third-order valence-electron chi connectivity index (χ3n) is 10.9. The number of carbonyl (C=O) groups is 4. The number of methoxy groups -OCH3 is 1. The molecule has 0 saturated carbocycles. The minimum atomic E-state index is -1.14. The van der Waals surface area contributed by atoms with E-state index < -0.39 is 53.1 Å². The molecule has 0 unspecified atom stereocenters. The van der Waals surface area contributed by atoms with Crippen LogP contribution < -0.4 is 16.0 Å². The molecule has 0 spiro atoms. The average Bonchev–Trinajstić information content (AvgIpc) is 3.83. The highest BCUT2D eigenvalue weighted by Gasteiger charge is 2.44. The van der Waals surface area contributed by atoms with Crippen LogP contribution in [0.3, 0.4) is 0 Å². The molecule has 1 saturated heterocycles. The summed E-state index contributed by atoms with van der Waals surface area (Å²) < 4.78 is 4.85. The molecule has 0 radical (unpaired) electrons. The Bertz CT molecular complexity index is 2060. The van der Waals surface area contributed by atoms with Gasteiger partial charge in [-0.25, -0.2) is 14.6 Å². The van der Waals surface area contributed by atoms with Crippen molar-refractivity contribution in [3.05, 3.63) is 106 Å². The molecule has 1 aliphatic rings. The van der Waals surface area contributed by atoms with Crippen LogP contribution in [0.4, 0.5) is 9.59 Å². The maximum Gasteiger partial charge on any atom is 0.407 e. The van der Waals surface area contributed by atoms with Gasteiger partial charge in [0.15, 0.2) is 0 Å². The van der Waals surface area contributed by atoms with Crippen LogP contribution >= 0.6 is 11.3 Å². The molecule has 0 aliphatic carbocycles. The molecule has 328 valence electrons. The second kappa shape index (κ2) is 20.5. The van der Waals surface area contributed by atoms with E-state index in [0.717, 1.165) is 33.1 Å². The van der Waals surface area contributed by atoms with Crippen molar-refractivity contribution in [3.8, 4) is 11.3 Å². The number of nitrogens with zero attached hydrogens (tertiary/aromatic N) is 4. The molecule has 61 heavy (non-hydrogen) atoms. The summed E-state index contributed by atoms with van der Waals surface area (Å²) in [5, 5.41) is 24.2. The van der Waals surface area contributed by atoms with Gasteiger partial charge in [0.2, 0.25) is 11.8 Å². The van der Waals surface area contributed by atoms with Crippen LogP contribution in [0.2, 0.25) is 0 Å². The van der Waals surface area contributed by atoms with Crippen molar-refractivity contribution in [2.45, 2.75) is 117 Å². The van der Waals surface area contributed by atoms with Crippen LogP contribution in [0.15, 0.2) is 84.4 Å². The fraction of sp³-hybridized carbons (Fsp3) is 0.489. The number of amides is 5. The lowest BCUT2D eigenvalue weighted by molar-refractivity contribution is -0.131. The molecule has 4 aromatic rings. The summed E-state index contributed by atoms with van der Waals surface area (Å²) in [5.74, 6) is -0.525. The molecule has 1 aliphatic heterocycles. The summed E-state index contributed by atoms with van der Waals surface area (Å²) in [4.78, 5) is 67.6. The van der Waals surface area contributed by atoms with Crippen molar-refractivity contribution in [2.24, 2.45) is 10.8 Å². The zero-order valence-corrected chi connectivity index (χ0v) is 37.8. The molecule has 5 rings (SSSR count). The van der Waals surface area contributed by atoms with E-state index in [-0.39, 0.29) is 24.3 Å². The Labute approximate surface area is 364 Å². The Morgan fingerprint density at radius 3 is 2.10 bits per heavy atom. The van der Waals surface area contributed by atoms with Gasteiger partial charge >= 0.3 is 12.1 Å².